The first-order valence-corrected chi connectivity index (χ1v) is 11.3. The van der Waals surface area contributed by atoms with Crippen molar-refractivity contribution in [2.45, 2.75) is 26.8 Å². The number of aliphatic hydroxyl groups excluding tert-OH is 1. The summed E-state index contributed by atoms with van der Waals surface area (Å²) in [7, 11) is 0. The second kappa shape index (κ2) is 9.65. The first-order chi connectivity index (χ1) is 16.4. The van der Waals surface area contributed by atoms with E-state index in [9.17, 15) is 14.7 Å². The maximum Gasteiger partial charge on any atom is 0.300 e. The Labute approximate surface area is 202 Å². The molecule has 1 aromatic heterocycles. The molecule has 8 heteroatoms. The molecular weight excluding hydrogens is 458 g/mol. The number of ether oxygens (including phenoxy) is 2. The molecule has 2 aromatic carbocycles. The van der Waals surface area contributed by atoms with Crippen molar-refractivity contribution in [3.05, 3.63) is 82.3 Å². The van der Waals surface area contributed by atoms with E-state index < -0.39 is 17.7 Å². The van der Waals surface area contributed by atoms with Crippen LogP contribution < -0.4 is 14.4 Å². The van der Waals surface area contributed by atoms with Crippen LogP contribution in [0, 0.1) is 6.92 Å². The van der Waals surface area contributed by atoms with Gasteiger partial charge in [0.1, 0.15) is 29.1 Å². The molecule has 1 amide bonds. The summed E-state index contributed by atoms with van der Waals surface area (Å²) >= 11 is 6.10. The normalized spacial score (nSPS) is 17.3. The van der Waals surface area contributed by atoms with Crippen molar-refractivity contribution in [2.24, 2.45) is 0 Å². The number of benzene rings is 2. The first kappa shape index (κ1) is 23.4. The van der Waals surface area contributed by atoms with E-state index in [1.165, 1.54) is 11.2 Å². The molecule has 176 valence electrons. The Bertz CT molecular complexity index is 1260. The van der Waals surface area contributed by atoms with E-state index in [4.69, 9.17) is 25.5 Å². The van der Waals surface area contributed by atoms with Gasteiger partial charge in [-0.05, 0) is 68.8 Å². The van der Waals surface area contributed by atoms with Gasteiger partial charge in [0.15, 0.2) is 0 Å². The Balaban J connectivity index is 1.92. The summed E-state index contributed by atoms with van der Waals surface area (Å²) in [6.07, 6.45) is 1.45. The predicted octanol–water partition coefficient (Wildman–Crippen LogP) is 5.67. The molecule has 2 heterocycles. The lowest BCUT2D eigenvalue weighted by Gasteiger charge is -2.25. The summed E-state index contributed by atoms with van der Waals surface area (Å²) < 4.78 is 16.9. The van der Waals surface area contributed by atoms with Gasteiger partial charge in [-0.15, -0.1) is 0 Å². The Morgan fingerprint density at radius 1 is 1.09 bits per heavy atom. The molecule has 0 radical (unpaired) electrons. The maximum atomic E-state index is 13.3. The van der Waals surface area contributed by atoms with Gasteiger partial charge in [-0.25, -0.2) is 0 Å². The molecular formula is C26H24ClNO6. The fraction of sp³-hybridized carbons (Fsp3) is 0.231. The van der Waals surface area contributed by atoms with Crippen molar-refractivity contribution < 1.29 is 28.6 Å². The number of aliphatic hydroxyl groups is 1. The highest BCUT2D eigenvalue weighted by molar-refractivity contribution is 6.51. The lowest BCUT2D eigenvalue weighted by Crippen LogP contribution is -2.29. The highest BCUT2D eigenvalue weighted by atomic mass is 35.5. The number of carbonyl (C=O) groups excluding carboxylic acids is 2. The van der Waals surface area contributed by atoms with Crippen LogP contribution >= 0.6 is 11.6 Å². The molecule has 4 rings (SSSR count). The minimum Gasteiger partial charge on any atom is -0.507 e. The van der Waals surface area contributed by atoms with Gasteiger partial charge in [0.05, 0.1) is 30.6 Å². The van der Waals surface area contributed by atoms with Gasteiger partial charge in [-0.2, -0.15) is 0 Å². The van der Waals surface area contributed by atoms with E-state index in [1.807, 2.05) is 13.8 Å². The van der Waals surface area contributed by atoms with E-state index in [1.54, 1.807) is 55.5 Å². The van der Waals surface area contributed by atoms with Crippen molar-refractivity contribution in [2.75, 3.05) is 18.1 Å². The largest absolute Gasteiger partial charge is 0.507 e. The van der Waals surface area contributed by atoms with Crippen molar-refractivity contribution in [3.63, 3.8) is 0 Å². The standard InChI is InChI=1S/C26H24ClNO6/c1-4-32-17-9-10-18(21(14-17)33-5-2)24(29)22-23(20-7-6-12-34-20)28(26(31)25(22)30)19-11-8-16(27)13-15(19)3/h6-14,23,29H,4-5H2,1-3H3/b24-22-. The van der Waals surface area contributed by atoms with Gasteiger partial charge in [-0.3, -0.25) is 14.5 Å². The minimum atomic E-state index is -0.976. The molecule has 0 bridgehead atoms. The van der Waals surface area contributed by atoms with Crippen LogP contribution in [0.1, 0.15) is 36.8 Å². The zero-order valence-electron chi connectivity index (χ0n) is 19.0. The molecule has 0 spiro atoms. The number of halogens is 1. The molecule has 0 aliphatic carbocycles. The molecule has 1 saturated heterocycles. The first-order valence-electron chi connectivity index (χ1n) is 10.9. The van der Waals surface area contributed by atoms with Gasteiger partial charge in [0.2, 0.25) is 0 Å². The number of Topliss-reactive ketones (excluding diaryl/α,β-unsaturated/α-hetero) is 1. The molecule has 3 aromatic rings. The monoisotopic (exact) mass is 481 g/mol. The van der Waals surface area contributed by atoms with Gasteiger partial charge in [0.25, 0.3) is 11.7 Å². The molecule has 7 nitrogen and oxygen atoms in total. The van der Waals surface area contributed by atoms with Gasteiger partial charge in [-0.1, -0.05) is 11.6 Å². The fourth-order valence-corrected chi connectivity index (χ4v) is 4.29. The predicted molar refractivity (Wildman–Crippen MR) is 128 cm³/mol. The smallest absolute Gasteiger partial charge is 0.300 e. The SMILES string of the molecule is CCOc1ccc(/C(O)=C2/C(=O)C(=O)N(c3ccc(Cl)cc3C)C2c2ccco2)c(OCC)c1. The highest BCUT2D eigenvalue weighted by Gasteiger charge is 2.49. The number of rotatable bonds is 7. The molecule has 1 fully saturated rings. The van der Waals surface area contributed by atoms with Crippen LogP contribution in [0.15, 0.2) is 64.8 Å². The molecule has 34 heavy (non-hydrogen) atoms. The van der Waals surface area contributed by atoms with Gasteiger partial charge < -0.3 is 19.0 Å². The fourth-order valence-electron chi connectivity index (χ4n) is 4.06. The van der Waals surface area contributed by atoms with E-state index in [0.29, 0.717) is 46.7 Å². The second-order valence-electron chi connectivity index (χ2n) is 7.64. The number of furan rings is 1. The van der Waals surface area contributed by atoms with Crippen molar-refractivity contribution >= 4 is 34.7 Å². The Morgan fingerprint density at radius 2 is 1.85 bits per heavy atom. The highest BCUT2D eigenvalue weighted by Crippen LogP contribution is 2.44. The minimum absolute atomic E-state index is 0.0978. The van der Waals surface area contributed by atoms with Crippen LogP contribution in [0.2, 0.25) is 5.02 Å². The second-order valence-corrected chi connectivity index (χ2v) is 8.08. The Kier molecular flexibility index (Phi) is 6.65. The number of nitrogens with zero attached hydrogens (tertiary/aromatic N) is 1. The quantitative estimate of drug-likeness (QED) is 0.266. The molecule has 1 aliphatic heterocycles. The van der Waals surface area contributed by atoms with Crippen LogP contribution in [-0.2, 0) is 9.59 Å². The average molecular weight is 482 g/mol. The zero-order valence-corrected chi connectivity index (χ0v) is 19.8. The number of hydrogen-bond donors (Lipinski definition) is 1. The topological polar surface area (TPSA) is 89.2 Å². The zero-order chi connectivity index (χ0) is 24.4. The summed E-state index contributed by atoms with van der Waals surface area (Å²) in [4.78, 5) is 27.9. The number of amides is 1. The van der Waals surface area contributed by atoms with E-state index in [0.717, 1.165) is 0 Å². The third-order valence-corrected chi connectivity index (χ3v) is 5.73. The summed E-state index contributed by atoms with van der Waals surface area (Å²) in [5, 5.41) is 11.9. The van der Waals surface area contributed by atoms with Crippen LogP contribution in [0.25, 0.3) is 5.76 Å². The van der Waals surface area contributed by atoms with Crippen LogP contribution in [-0.4, -0.2) is 30.0 Å². The Hall–Kier alpha value is -3.71. The number of aryl methyl sites for hydroxylation is 1. The molecule has 1 N–H and O–H groups in total. The molecule has 0 saturated carbocycles. The molecule has 1 aliphatic rings. The number of hydrogen-bond acceptors (Lipinski definition) is 6. The van der Waals surface area contributed by atoms with Gasteiger partial charge >= 0.3 is 0 Å². The van der Waals surface area contributed by atoms with Crippen LogP contribution in [0.5, 0.6) is 11.5 Å². The molecule has 1 unspecified atom stereocenters. The summed E-state index contributed by atoms with van der Waals surface area (Å²) in [6.45, 7) is 6.25. The Morgan fingerprint density at radius 3 is 2.50 bits per heavy atom. The van der Waals surface area contributed by atoms with E-state index >= 15 is 0 Å². The third kappa shape index (κ3) is 4.15. The molecule has 1 atom stereocenters. The number of ketones is 1. The number of anilines is 1. The third-order valence-electron chi connectivity index (χ3n) is 5.49. The average Bonchev–Trinajstić information content (AvgIpc) is 3.42. The van der Waals surface area contributed by atoms with Crippen molar-refractivity contribution in [3.8, 4) is 11.5 Å². The lowest BCUT2D eigenvalue weighted by molar-refractivity contribution is -0.132. The van der Waals surface area contributed by atoms with Crippen molar-refractivity contribution in [1.29, 1.82) is 0 Å². The van der Waals surface area contributed by atoms with Crippen LogP contribution in [0.4, 0.5) is 5.69 Å². The maximum absolute atomic E-state index is 13.3. The lowest BCUT2D eigenvalue weighted by atomic mass is 9.98. The van der Waals surface area contributed by atoms with Crippen molar-refractivity contribution in [1.82, 2.24) is 0 Å². The summed E-state index contributed by atoms with van der Waals surface area (Å²) in [5.41, 5.74) is 1.36. The summed E-state index contributed by atoms with van der Waals surface area (Å²) in [6, 6.07) is 12.3. The van der Waals surface area contributed by atoms with E-state index in [2.05, 4.69) is 0 Å². The van der Waals surface area contributed by atoms with Crippen LogP contribution in [0.3, 0.4) is 0 Å². The van der Waals surface area contributed by atoms with Gasteiger partial charge in [0, 0.05) is 16.8 Å². The van der Waals surface area contributed by atoms with E-state index in [-0.39, 0.29) is 16.9 Å². The number of carbonyl (C=O) groups is 2. The summed E-state index contributed by atoms with van der Waals surface area (Å²) in [5.74, 6) is -0.749.